The average Bonchev–Trinajstić information content (AvgIpc) is 2.30. The molecule has 0 aliphatic heterocycles. The Hall–Kier alpha value is -0.610. The lowest BCUT2D eigenvalue weighted by Crippen LogP contribution is -2.62. The number of carbonyl (C=O) groups is 1. The zero-order valence-electron chi connectivity index (χ0n) is 12.4. The second-order valence-corrected chi connectivity index (χ2v) is 6.13. The van der Waals surface area contributed by atoms with Crippen LogP contribution in [0.4, 0.5) is 0 Å². The molecule has 0 saturated heterocycles. The van der Waals surface area contributed by atoms with Crippen molar-refractivity contribution < 1.29 is 9.53 Å². The zero-order valence-corrected chi connectivity index (χ0v) is 12.4. The van der Waals surface area contributed by atoms with Crippen molar-refractivity contribution in [2.24, 2.45) is 11.3 Å². The lowest BCUT2D eigenvalue weighted by atomic mass is 9.64. The second kappa shape index (κ2) is 6.53. The van der Waals surface area contributed by atoms with Crippen molar-refractivity contribution in [3.05, 3.63) is 0 Å². The Bertz CT molecular complexity index is 277. The molecular formula is C14H28N2O2. The van der Waals surface area contributed by atoms with Crippen LogP contribution in [-0.2, 0) is 9.53 Å². The van der Waals surface area contributed by atoms with Gasteiger partial charge in [-0.05, 0) is 19.3 Å². The predicted octanol–water partition coefficient (Wildman–Crippen LogP) is 1.55. The van der Waals surface area contributed by atoms with Gasteiger partial charge in [0.2, 0.25) is 5.91 Å². The maximum absolute atomic E-state index is 11.6. The Labute approximate surface area is 111 Å². The molecule has 2 N–H and O–H groups in total. The zero-order chi connectivity index (χ0) is 13.8. The van der Waals surface area contributed by atoms with Crippen molar-refractivity contribution in [2.45, 2.75) is 53.2 Å². The van der Waals surface area contributed by atoms with Crippen molar-refractivity contribution in [3.8, 4) is 0 Å². The molecule has 4 heteroatoms. The van der Waals surface area contributed by atoms with E-state index in [1.807, 2.05) is 6.92 Å². The van der Waals surface area contributed by atoms with Gasteiger partial charge in [0.05, 0.1) is 12.6 Å². The van der Waals surface area contributed by atoms with Crippen LogP contribution in [0.25, 0.3) is 0 Å². The summed E-state index contributed by atoms with van der Waals surface area (Å²) >= 11 is 0. The molecule has 0 heterocycles. The standard InChI is InChI=1S/C14H28N2O2/c1-6-18-12-7-11(14(12,4)5)15-9-13(17)16-8-10(2)3/h10-12,15H,6-9H2,1-5H3,(H,16,17). The SMILES string of the molecule is CCOC1CC(NCC(=O)NCC(C)C)C1(C)C. The fourth-order valence-corrected chi connectivity index (χ4v) is 2.31. The number of hydrogen-bond donors (Lipinski definition) is 2. The van der Waals surface area contributed by atoms with E-state index in [-0.39, 0.29) is 11.3 Å². The van der Waals surface area contributed by atoms with Crippen LogP contribution in [0, 0.1) is 11.3 Å². The summed E-state index contributed by atoms with van der Waals surface area (Å²) in [6.07, 6.45) is 1.32. The second-order valence-electron chi connectivity index (χ2n) is 6.13. The number of rotatable bonds is 7. The lowest BCUT2D eigenvalue weighted by molar-refractivity contribution is -0.126. The highest BCUT2D eigenvalue weighted by molar-refractivity contribution is 5.78. The number of amides is 1. The molecule has 0 aromatic rings. The van der Waals surface area contributed by atoms with E-state index in [0.29, 0.717) is 24.6 Å². The Balaban J connectivity index is 2.23. The summed E-state index contributed by atoms with van der Waals surface area (Å²) in [7, 11) is 0. The third kappa shape index (κ3) is 3.95. The van der Waals surface area contributed by atoms with Crippen LogP contribution in [0.5, 0.6) is 0 Å². The van der Waals surface area contributed by atoms with Crippen LogP contribution >= 0.6 is 0 Å². The van der Waals surface area contributed by atoms with Crippen LogP contribution in [-0.4, -0.2) is 37.7 Å². The molecule has 1 rings (SSSR count). The monoisotopic (exact) mass is 256 g/mol. The van der Waals surface area contributed by atoms with Gasteiger partial charge in [0, 0.05) is 24.6 Å². The summed E-state index contributed by atoms with van der Waals surface area (Å²) in [5, 5.41) is 6.25. The molecule has 0 aromatic carbocycles. The fraction of sp³-hybridized carbons (Fsp3) is 0.929. The minimum atomic E-state index is 0.0827. The van der Waals surface area contributed by atoms with Crippen molar-refractivity contribution in [2.75, 3.05) is 19.7 Å². The minimum absolute atomic E-state index is 0.0827. The van der Waals surface area contributed by atoms with Gasteiger partial charge in [-0.2, -0.15) is 0 Å². The smallest absolute Gasteiger partial charge is 0.233 e. The molecule has 2 atom stereocenters. The Morgan fingerprint density at radius 1 is 1.44 bits per heavy atom. The van der Waals surface area contributed by atoms with Gasteiger partial charge in [0.15, 0.2) is 0 Å². The quantitative estimate of drug-likeness (QED) is 0.726. The van der Waals surface area contributed by atoms with E-state index in [4.69, 9.17) is 4.74 Å². The van der Waals surface area contributed by atoms with Crippen LogP contribution in [0.2, 0.25) is 0 Å². The molecule has 18 heavy (non-hydrogen) atoms. The van der Waals surface area contributed by atoms with E-state index in [2.05, 4.69) is 38.3 Å². The maximum atomic E-state index is 11.6. The first-order chi connectivity index (χ1) is 8.37. The molecule has 0 radical (unpaired) electrons. The van der Waals surface area contributed by atoms with Crippen molar-refractivity contribution in [1.29, 1.82) is 0 Å². The van der Waals surface area contributed by atoms with Gasteiger partial charge in [-0.25, -0.2) is 0 Å². The van der Waals surface area contributed by atoms with Gasteiger partial charge in [-0.1, -0.05) is 27.7 Å². The maximum Gasteiger partial charge on any atom is 0.233 e. The summed E-state index contributed by atoms with van der Waals surface area (Å²) < 4.78 is 5.67. The van der Waals surface area contributed by atoms with E-state index < -0.39 is 0 Å². The molecule has 0 spiro atoms. The summed E-state index contributed by atoms with van der Waals surface area (Å²) in [5.41, 5.74) is 0.119. The molecule has 1 aliphatic rings. The summed E-state index contributed by atoms with van der Waals surface area (Å²) in [6.45, 7) is 12.5. The number of carbonyl (C=O) groups excluding carboxylic acids is 1. The highest BCUT2D eigenvalue weighted by atomic mass is 16.5. The van der Waals surface area contributed by atoms with E-state index in [1.165, 1.54) is 0 Å². The topological polar surface area (TPSA) is 50.4 Å². The molecule has 0 aromatic heterocycles. The van der Waals surface area contributed by atoms with Gasteiger partial charge in [-0.15, -0.1) is 0 Å². The first-order valence-electron chi connectivity index (χ1n) is 6.99. The van der Waals surface area contributed by atoms with Crippen molar-refractivity contribution in [1.82, 2.24) is 10.6 Å². The van der Waals surface area contributed by atoms with Crippen LogP contribution in [0.3, 0.4) is 0 Å². The Morgan fingerprint density at radius 3 is 2.61 bits per heavy atom. The number of nitrogens with one attached hydrogen (secondary N) is 2. The van der Waals surface area contributed by atoms with Gasteiger partial charge in [0.1, 0.15) is 0 Å². The third-order valence-corrected chi connectivity index (χ3v) is 3.76. The highest BCUT2D eigenvalue weighted by Gasteiger charge is 2.48. The van der Waals surface area contributed by atoms with Crippen molar-refractivity contribution in [3.63, 3.8) is 0 Å². The van der Waals surface area contributed by atoms with E-state index >= 15 is 0 Å². The van der Waals surface area contributed by atoms with Gasteiger partial charge < -0.3 is 15.4 Å². The normalized spacial score (nSPS) is 25.9. The summed E-state index contributed by atoms with van der Waals surface area (Å²) in [5.74, 6) is 0.579. The first-order valence-corrected chi connectivity index (χ1v) is 6.99. The molecule has 4 nitrogen and oxygen atoms in total. The van der Waals surface area contributed by atoms with E-state index in [0.717, 1.165) is 19.6 Å². The Kier molecular flexibility index (Phi) is 5.60. The van der Waals surface area contributed by atoms with Crippen LogP contribution < -0.4 is 10.6 Å². The predicted molar refractivity (Wildman–Crippen MR) is 73.5 cm³/mol. The van der Waals surface area contributed by atoms with Gasteiger partial charge in [-0.3, -0.25) is 4.79 Å². The molecule has 1 amide bonds. The summed E-state index contributed by atoms with van der Waals surface area (Å²) in [4.78, 5) is 11.6. The van der Waals surface area contributed by atoms with E-state index in [9.17, 15) is 4.79 Å². The third-order valence-electron chi connectivity index (χ3n) is 3.76. The molecule has 2 unspecified atom stereocenters. The fourth-order valence-electron chi connectivity index (χ4n) is 2.31. The first kappa shape index (κ1) is 15.4. The number of hydrogen-bond acceptors (Lipinski definition) is 3. The molecule has 1 fully saturated rings. The molecule has 106 valence electrons. The van der Waals surface area contributed by atoms with Gasteiger partial charge in [0.25, 0.3) is 0 Å². The number of ether oxygens (including phenoxy) is 1. The highest BCUT2D eigenvalue weighted by Crippen LogP contribution is 2.42. The molecule has 1 aliphatic carbocycles. The Morgan fingerprint density at radius 2 is 2.11 bits per heavy atom. The van der Waals surface area contributed by atoms with E-state index in [1.54, 1.807) is 0 Å². The lowest BCUT2D eigenvalue weighted by Gasteiger charge is -2.51. The average molecular weight is 256 g/mol. The van der Waals surface area contributed by atoms with Gasteiger partial charge >= 0.3 is 0 Å². The minimum Gasteiger partial charge on any atom is -0.378 e. The largest absolute Gasteiger partial charge is 0.378 e. The molecule has 1 saturated carbocycles. The van der Waals surface area contributed by atoms with Crippen LogP contribution in [0.1, 0.15) is 41.0 Å². The van der Waals surface area contributed by atoms with Crippen LogP contribution in [0.15, 0.2) is 0 Å². The molecule has 0 bridgehead atoms. The summed E-state index contributed by atoms with van der Waals surface area (Å²) in [6, 6.07) is 0.374. The molecular weight excluding hydrogens is 228 g/mol. The van der Waals surface area contributed by atoms with Crippen molar-refractivity contribution >= 4 is 5.91 Å².